The van der Waals surface area contributed by atoms with E-state index in [1.165, 1.54) is 18.4 Å². The minimum Gasteiger partial charge on any atom is -0.249 e. The molecule has 2 rings (SSSR count). The highest BCUT2D eigenvalue weighted by Gasteiger charge is 2.15. The summed E-state index contributed by atoms with van der Waals surface area (Å²) in [5, 5.41) is 0.122. The molecule has 1 aliphatic carbocycles. The molecule has 2 unspecified atom stereocenters. The lowest BCUT2D eigenvalue weighted by molar-refractivity contribution is 0.604. The van der Waals surface area contributed by atoms with E-state index >= 15 is 0 Å². The van der Waals surface area contributed by atoms with Crippen LogP contribution in [0.3, 0.4) is 0 Å². The van der Waals surface area contributed by atoms with Crippen molar-refractivity contribution >= 4 is 22.4 Å². The van der Waals surface area contributed by atoms with Crippen molar-refractivity contribution in [2.45, 2.75) is 36.0 Å². The number of hydrogen-bond donors (Lipinski definition) is 0. The van der Waals surface area contributed by atoms with Crippen LogP contribution in [-0.2, 0) is 10.8 Å². The third kappa shape index (κ3) is 3.94. The molecule has 0 bridgehead atoms. The van der Waals surface area contributed by atoms with Crippen LogP contribution >= 0.6 is 11.6 Å². The second kappa shape index (κ2) is 7.61. The summed E-state index contributed by atoms with van der Waals surface area (Å²) in [4.78, 5) is 1.52. The van der Waals surface area contributed by atoms with Gasteiger partial charge in [-0.3, -0.25) is 0 Å². The standard InChI is InChI=1S/C17H19ClOS/c1-2-15(20(19)16-9-4-3-5-10-16)13-12-14-8-6-7-11-17(14)18/h2-5,9-10,12-13,17H,1,6-8,11H2/b14-12+,15-13+. The highest BCUT2D eigenvalue weighted by atomic mass is 35.5. The van der Waals surface area contributed by atoms with Crippen LogP contribution in [-0.4, -0.2) is 9.59 Å². The van der Waals surface area contributed by atoms with E-state index in [9.17, 15) is 4.21 Å². The van der Waals surface area contributed by atoms with Crippen LogP contribution in [0.5, 0.6) is 0 Å². The average Bonchev–Trinajstić information content (AvgIpc) is 2.50. The van der Waals surface area contributed by atoms with Gasteiger partial charge >= 0.3 is 0 Å². The lowest BCUT2D eigenvalue weighted by Gasteiger charge is -2.19. The number of alkyl halides is 1. The minimum absolute atomic E-state index is 0.122. The van der Waals surface area contributed by atoms with E-state index in [0.29, 0.717) is 0 Å². The van der Waals surface area contributed by atoms with Crippen molar-refractivity contribution < 1.29 is 4.21 Å². The van der Waals surface area contributed by atoms with E-state index < -0.39 is 10.8 Å². The second-order valence-electron chi connectivity index (χ2n) is 4.81. The first-order valence-corrected chi connectivity index (χ1v) is 8.45. The van der Waals surface area contributed by atoms with Gasteiger partial charge in [0.05, 0.1) is 16.2 Å². The number of allylic oxidation sites excluding steroid dienone is 4. The first-order valence-electron chi connectivity index (χ1n) is 6.86. The normalized spacial score (nSPS) is 23.6. The van der Waals surface area contributed by atoms with Crippen molar-refractivity contribution in [1.29, 1.82) is 0 Å². The molecule has 0 aromatic heterocycles. The Hall–Kier alpha value is -1.12. The van der Waals surface area contributed by atoms with Crippen LogP contribution in [0.2, 0.25) is 0 Å². The van der Waals surface area contributed by atoms with E-state index in [4.69, 9.17) is 11.6 Å². The van der Waals surface area contributed by atoms with Crippen molar-refractivity contribution in [2.75, 3.05) is 0 Å². The molecule has 0 spiro atoms. The first-order chi connectivity index (χ1) is 9.72. The summed E-state index contributed by atoms with van der Waals surface area (Å²) in [6.45, 7) is 3.77. The summed E-state index contributed by atoms with van der Waals surface area (Å²) in [7, 11) is -1.18. The van der Waals surface area contributed by atoms with Crippen LogP contribution in [0.1, 0.15) is 25.7 Å². The topological polar surface area (TPSA) is 17.1 Å². The minimum atomic E-state index is -1.18. The summed E-state index contributed by atoms with van der Waals surface area (Å²) in [5.41, 5.74) is 1.24. The Labute approximate surface area is 128 Å². The van der Waals surface area contributed by atoms with E-state index in [0.717, 1.165) is 22.6 Å². The van der Waals surface area contributed by atoms with Gasteiger partial charge in [0.1, 0.15) is 0 Å². The molecule has 1 fully saturated rings. The molecule has 3 heteroatoms. The Morgan fingerprint density at radius 2 is 2.05 bits per heavy atom. The van der Waals surface area contributed by atoms with Gasteiger partial charge in [0.15, 0.2) is 0 Å². The maximum atomic E-state index is 12.4. The van der Waals surface area contributed by atoms with Crippen molar-refractivity contribution in [3.8, 4) is 0 Å². The fourth-order valence-electron chi connectivity index (χ4n) is 2.26. The summed E-state index contributed by atoms with van der Waals surface area (Å²) in [6, 6.07) is 9.43. The smallest absolute Gasteiger partial charge is 0.0849 e. The van der Waals surface area contributed by atoms with Gasteiger partial charge in [-0.25, -0.2) is 4.21 Å². The molecule has 1 aliphatic rings. The van der Waals surface area contributed by atoms with Crippen molar-refractivity contribution in [1.82, 2.24) is 0 Å². The molecule has 1 nitrogen and oxygen atoms in total. The van der Waals surface area contributed by atoms with Gasteiger partial charge in [-0.05, 0) is 37.5 Å². The zero-order valence-electron chi connectivity index (χ0n) is 11.4. The molecule has 0 amide bonds. The molecule has 0 N–H and O–H groups in total. The predicted octanol–water partition coefficient (Wildman–Crippen LogP) is 4.97. The monoisotopic (exact) mass is 306 g/mol. The van der Waals surface area contributed by atoms with Crippen LogP contribution in [0.15, 0.2) is 70.5 Å². The Morgan fingerprint density at radius 1 is 1.30 bits per heavy atom. The molecule has 2 atom stereocenters. The van der Waals surface area contributed by atoms with Crippen LogP contribution in [0.4, 0.5) is 0 Å². The van der Waals surface area contributed by atoms with Gasteiger partial charge in [-0.15, -0.1) is 11.6 Å². The van der Waals surface area contributed by atoms with E-state index in [1.807, 2.05) is 42.5 Å². The third-order valence-electron chi connectivity index (χ3n) is 3.41. The Kier molecular flexibility index (Phi) is 5.81. The zero-order chi connectivity index (χ0) is 14.4. The number of benzene rings is 1. The van der Waals surface area contributed by atoms with Crippen LogP contribution in [0, 0.1) is 0 Å². The second-order valence-corrected chi connectivity index (χ2v) is 6.82. The molecular formula is C17H19ClOS. The summed E-state index contributed by atoms with van der Waals surface area (Å²) < 4.78 is 12.4. The average molecular weight is 307 g/mol. The maximum Gasteiger partial charge on any atom is 0.0849 e. The SMILES string of the molecule is C=C/C(=C\C=C1/CCCCC1Cl)S(=O)c1ccccc1. The number of halogens is 1. The Morgan fingerprint density at radius 3 is 2.70 bits per heavy atom. The molecule has 0 aliphatic heterocycles. The Bertz CT molecular complexity index is 545. The lowest BCUT2D eigenvalue weighted by Crippen LogP contribution is -2.08. The largest absolute Gasteiger partial charge is 0.249 e. The van der Waals surface area contributed by atoms with Crippen molar-refractivity contribution in [2.24, 2.45) is 0 Å². The fourth-order valence-corrected chi connectivity index (χ4v) is 3.61. The highest BCUT2D eigenvalue weighted by molar-refractivity contribution is 7.89. The molecule has 1 aromatic rings. The van der Waals surface area contributed by atoms with Gasteiger partial charge in [-0.1, -0.05) is 48.9 Å². The predicted molar refractivity (Wildman–Crippen MR) is 87.3 cm³/mol. The number of hydrogen-bond acceptors (Lipinski definition) is 1. The summed E-state index contributed by atoms with van der Waals surface area (Å²) in [5.74, 6) is 0. The zero-order valence-corrected chi connectivity index (χ0v) is 13.0. The number of rotatable bonds is 4. The lowest BCUT2D eigenvalue weighted by atomic mass is 9.94. The third-order valence-corrected chi connectivity index (χ3v) is 5.34. The van der Waals surface area contributed by atoms with Gasteiger partial charge in [0.25, 0.3) is 0 Å². The molecule has 106 valence electrons. The summed E-state index contributed by atoms with van der Waals surface area (Å²) >= 11 is 6.31. The molecule has 0 heterocycles. The molecule has 1 aromatic carbocycles. The quantitative estimate of drug-likeness (QED) is 0.567. The van der Waals surface area contributed by atoms with E-state index in [2.05, 4.69) is 6.58 Å². The van der Waals surface area contributed by atoms with Crippen LogP contribution < -0.4 is 0 Å². The van der Waals surface area contributed by atoms with Gasteiger partial charge in [0, 0.05) is 9.80 Å². The molecule has 0 radical (unpaired) electrons. The van der Waals surface area contributed by atoms with Crippen LogP contribution in [0.25, 0.3) is 0 Å². The van der Waals surface area contributed by atoms with Gasteiger partial charge in [0.2, 0.25) is 0 Å². The first kappa shape index (κ1) is 15.3. The van der Waals surface area contributed by atoms with Gasteiger partial charge < -0.3 is 0 Å². The van der Waals surface area contributed by atoms with E-state index in [-0.39, 0.29) is 5.38 Å². The Balaban J connectivity index is 2.19. The molecule has 1 saturated carbocycles. The fraction of sp³-hybridized carbons (Fsp3) is 0.294. The van der Waals surface area contributed by atoms with Crippen molar-refractivity contribution in [3.63, 3.8) is 0 Å². The van der Waals surface area contributed by atoms with Crippen molar-refractivity contribution in [3.05, 3.63) is 65.6 Å². The molecular weight excluding hydrogens is 288 g/mol. The highest BCUT2D eigenvalue weighted by Crippen LogP contribution is 2.28. The summed E-state index contributed by atoms with van der Waals surface area (Å²) in [6.07, 6.45) is 10.0. The van der Waals surface area contributed by atoms with Gasteiger partial charge in [-0.2, -0.15) is 0 Å². The molecule has 20 heavy (non-hydrogen) atoms. The van der Waals surface area contributed by atoms with E-state index in [1.54, 1.807) is 6.08 Å². The molecule has 0 saturated heterocycles. The maximum absolute atomic E-state index is 12.4.